The molecule has 10 heavy (non-hydrogen) atoms. The summed E-state index contributed by atoms with van der Waals surface area (Å²) >= 11 is 5.44. The first-order valence-electron chi connectivity index (χ1n) is 2.46. The maximum atomic E-state index is 10.0. The van der Waals surface area contributed by atoms with Gasteiger partial charge in [-0.1, -0.05) is 11.6 Å². The van der Waals surface area contributed by atoms with Crippen LogP contribution in [-0.2, 0) is 0 Å². The van der Waals surface area contributed by atoms with Crippen LogP contribution in [0.1, 0.15) is 0 Å². The Labute approximate surface area is 61.6 Å². The Kier molecular flexibility index (Phi) is 1.82. The lowest BCUT2D eigenvalue weighted by molar-refractivity contribution is -0.389. The summed E-state index contributed by atoms with van der Waals surface area (Å²) in [6.45, 7) is 0. The molecule has 1 aromatic rings. The van der Waals surface area contributed by atoms with Crippen LogP contribution in [0.5, 0.6) is 0 Å². The lowest BCUT2D eigenvalue weighted by atomic mass is 10.5. The topological polar surface area (TPSA) is 56.0 Å². The highest BCUT2D eigenvalue weighted by molar-refractivity contribution is 6.30. The van der Waals surface area contributed by atoms with Crippen LogP contribution < -0.4 is 0 Å². The van der Waals surface area contributed by atoms with Crippen LogP contribution in [0.4, 0.5) is 5.82 Å². The van der Waals surface area contributed by atoms with Gasteiger partial charge in [0.05, 0.1) is 11.1 Å². The molecule has 0 aliphatic rings. The molecule has 5 heteroatoms. The third-order valence-corrected chi connectivity index (χ3v) is 1.13. The molecule has 0 atom stereocenters. The van der Waals surface area contributed by atoms with E-state index in [1.807, 2.05) is 0 Å². The number of hydrogen-bond acceptors (Lipinski definition) is 3. The van der Waals surface area contributed by atoms with E-state index in [4.69, 9.17) is 11.6 Å². The molecule has 0 aliphatic heterocycles. The third kappa shape index (κ3) is 1.41. The highest BCUT2D eigenvalue weighted by Crippen LogP contribution is 2.12. The minimum absolute atomic E-state index is 0.229. The maximum absolute atomic E-state index is 10.0. The van der Waals surface area contributed by atoms with E-state index in [9.17, 15) is 10.1 Å². The van der Waals surface area contributed by atoms with Crippen molar-refractivity contribution in [3.05, 3.63) is 33.5 Å². The van der Waals surface area contributed by atoms with Crippen molar-refractivity contribution in [2.45, 2.75) is 0 Å². The second-order valence-corrected chi connectivity index (χ2v) is 2.03. The quantitative estimate of drug-likeness (QED) is 0.461. The molecule has 0 fully saturated rings. The van der Waals surface area contributed by atoms with E-state index in [0.29, 0.717) is 5.02 Å². The second-order valence-electron chi connectivity index (χ2n) is 1.59. The molecule has 0 unspecified atom stereocenters. The zero-order valence-electron chi connectivity index (χ0n) is 4.82. The summed E-state index contributed by atoms with van der Waals surface area (Å²) in [4.78, 5) is 12.9. The van der Waals surface area contributed by atoms with E-state index >= 15 is 0 Å². The summed E-state index contributed by atoms with van der Waals surface area (Å²) in [5.41, 5.74) is 0. The lowest BCUT2D eigenvalue weighted by Crippen LogP contribution is -1.89. The van der Waals surface area contributed by atoms with E-state index in [0.717, 1.165) is 0 Å². The fraction of sp³-hybridized carbons (Fsp3) is 0. The highest BCUT2D eigenvalue weighted by atomic mass is 35.5. The molecule has 1 rings (SSSR count). The highest BCUT2D eigenvalue weighted by Gasteiger charge is 2.04. The van der Waals surface area contributed by atoms with Crippen molar-refractivity contribution >= 4 is 17.4 Å². The van der Waals surface area contributed by atoms with Gasteiger partial charge in [0.2, 0.25) is 0 Å². The Bertz CT molecular complexity index is 264. The zero-order valence-corrected chi connectivity index (χ0v) is 5.58. The van der Waals surface area contributed by atoms with E-state index < -0.39 is 4.92 Å². The van der Waals surface area contributed by atoms with E-state index in [-0.39, 0.29) is 5.82 Å². The minimum Gasteiger partial charge on any atom is -0.358 e. The fourth-order valence-electron chi connectivity index (χ4n) is 0.493. The van der Waals surface area contributed by atoms with Gasteiger partial charge < -0.3 is 10.1 Å². The number of hydrogen-bond donors (Lipinski definition) is 0. The summed E-state index contributed by atoms with van der Waals surface area (Å²) in [7, 11) is 0. The number of nitrogens with zero attached hydrogens (tertiary/aromatic N) is 2. The zero-order chi connectivity index (χ0) is 7.56. The molecular weight excluding hydrogens is 156 g/mol. The molecule has 0 radical (unpaired) electrons. The van der Waals surface area contributed by atoms with Crippen molar-refractivity contribution in [1.29, 1.82) is 0 Å². The Morgan fingerprint density at radius 3 is 2.80 bits per heavy atom. The predicted molar refractivity (Wildman–Crippen MR) is 35.9 cm³/mol. The monoisotopic (exact) mass is 158 g/mol. The van der Waals surface area contributed by atoms with Crippen LogP contribution >= 0.6 is 11.6 Å². The van der Waals surface area contributed by atoms with Gasteiger partial charge in [0, 0.05) is 6.07 Å². The molecule has 0 saturated heterocycles. The summed E-state index contributed by atoms with van der Waals surface area (Å²) in [6.07, 6.45) is 1.29. The van der Waals surface area contributed by atoms with Crippen LogP contribution in [0.3, 0.4) is 0 Å². The number of nitro groups is 1. The van der Waals surface area contributed by atoms with Gasteiger partial charge in [-0.25, -0.2) is 0 Å². The molecule has 0 aromatic carbocycles. The molecule has 0 spiro atoms. The van der Waals surface area contributed by atoms with Gasteiger partial charge >= 0.3 is 5.82 Å². The second kappa shape index (κ2) is 2.62. The van der Waals surface area contributed by atoms with Crippen molar-refractivity contribution in [3.8, 4) is 0 Å². The van der Waals surface area contributed by atoms with Gasteiger partial charge in [-0.2, -0.15) is 0 Å². The van der Waals surface area contributed by atoms with Crippen LogP contribution in [0, 0.1) is 10.1 Å². The molecule has 1 aromatic heterocycles. The van der Waals surface area contributed by atoms with Crippen molar-refractivity contribution in [2.24, 2.45) is 0 Å². The standard InChI is InChI=1S/C5H3ClN2O2/c6-4-1-2-7-5(3-4)8(9)10/h1-3H. The van der Waals surface area contributed by atoms with E-state index in [1.165, 1.54) is 18.3 Å². The molecule has 1 heterocycles. The smallest absolute Gasteiger partial charge is 0.358 e. The average Bonchev–Trinajstić information content (AvgIpc) is 1.88. The number of halogens is 1. The summed E-state index contributed by atoms with van der Waals surface area (Å²) < 4.78 is 0. The van der Waals surface area contributed by atoms with Gasteiger partial charge in [-0.05, 0) is 9.91 Å². The Morgan fingerprint density at radius 1 is 1.70 bits per heavy atom. The number of rotatable bonds is 1. The van der Waals surface area contributed by atoms with Crippen LogP contribution in [0.25, 0.3) is 0 Å². The molecule has 0 saturated carbocycles. The molecule has 52 valence electrons. The minimum atomic E-state index is -0.591. The first-order valence-corrected chi connectivity index (χ1v) is 2.84. The first kappa shape index (κ1) is 6.95. The van der Waals surface area contributed by atoms with E-state index in [2.05, 4.69) is 4.98 Å². The van der Waals surface area contributed by atoms with Crippen LogP contribution in [-0.4, -0.2) is 9.91 Å². The Morgan fingerprint density at radius 2 is 2.40 bits per heavy atom. The largest absolute Gasteiger partial charge is 0.364 e. The molecule has 0 N–H and O–H groups in total. The molecule has 0 amide bonds. The third-order valence-electron chi connectivity index (χ3n) is 0.895. The Balaban J connectivity index is 3.07. The SMILES string of the molecule is O=[N+]([O-])c1cc(Cl)ccn1. The van der Waals surface area contributed by atoms with Crippen LogP contribution in [0.15, 0.2) is 18.3 Å². The van der Waals surface area contributed by atoms with Crippen molar-refractivity contribution < 1.29 is 4.92 Å². The summed E-state index contributed by atoms with van der Waals surface area (Å²) in [5, 5.41) is 10.4. The van der Waals surface area contributed by atoms with Crippen molar-refractivity contribution in [3.63, 3.8) is 0 Å². The first-order chi connectivity index (χ1) is 4.70. The number of pyridine rings is 1. The molecule has 0 bridgehead atoms. The van der Waals surface area contributed by atoms with Gasteiger partial charge in [0.1, 0.15) is 6.20 Å². The Hall–Kier alpha value is -1.16. The van der Waals surface area contributed by atoms with Crippen LogP contribution in [0.2, 0.25) is 5.02 Å². The molecular formula is C5H3ClN2O2. The molecule has 4 nitrogen and oxygen atoms in total. The van der Waals surface area contributed by atoms with E-state index in [1.54, 1.807) is 0 Å². The van der Waals surface area contributed by atoms with Gasteiger partial charge in [0.25, 0.3) is 0 Å². The fourth-order valence-corrected chi connectivity index (χ4v) is 0.647. The number of aromatic nitrogens is 1. The lowest BCUT2D eigenvalue weighted by Gasteiger charge is -1.89. The van der Waals surface area contributed by atoms with Gasteiger partial charge in [0.15, 0.2) is 0 Å². The normalized spacial score (nSPS) is 9.30. The summed E-state index contributed by atoms with van der Waals surface area (Å²) in [5.74, 6) is -0.229. The predicted octanol–water partition coefficient (Wildman–Crippen LogP) is 1.64. The van der Waals surface area contributed by atoms with Crippen molar-refractivity contribution in [2.75, 3.05) is 0 Å². The van der Waals surface area contributed by atoms with Crippen molar-refractivity contribution in [1.82, 2.24) is 4.98 Å². The summed E-state index contributed by atoms with van der Waals surface area (Å²) in [6, 6.07) is 2.68. The van der Waals surface area contributed by atoms with Gasteiger partial charge in [-0.3, -0.25) is 0 Å². The maximum Gasteiger partial charge on any atom is 0.364 e. The average molecular weight is 159 g/mol. The van der Waals surface area contributed by atoms with Gasteiger partial charge in [-0.15, -0.1) is 0 Å². The molecule has 0 aliphatic carbocycles.